The van der Waals surface area contributed by atoms with Crippen LogP contribution in [0.4, 0.5) is 0 Å². The van der Waals surface area contributed by atoms with Gasteiger partial charge in [0.2, 0.25) is 0 Å². The van der Waals surface area contributed by atoms with Gasteiger partial charge in [0.05, 0.1) is 5.69 Å². The molecule has 1 saturated carbocycles. The Labute approximate surface area is 124 Å². The summed E-state index contributed by atoms with van der Waals surface area (Å²) in [7, 11) is 0. The fraction of sp³-hybridized carbons (Fsp3) is 0.471. The monoisotopic (exact) mass is 280 g/mol. The van der Waals surface area contributed by atoms with Gasteiger partial charge in [-0.1, -0.05) is 12.2 Å². The highest BCUT2D eigenvalue weighted by atomic mass is 15.4. The summed E-state index contributed by atoms with van der Waals surface area (Å²) < 4.78 is 2.04. The zero-order chi connectivity index (χ0) is 14.2. The number of allylic oxidation sites excluding steroid dienone is 2. The third-order valence-electron chi connectivity index (χ3n) is 4.31. The summed E-state index contributed by atoms with van der Waals surface area (Å²) in [4.78, 5) is 9.12. The molecule has 2 aliphatic carbocycles. The maximum Gasteiger partial charge on any atom is 0.154 e. The van der Waals surface area contributed by atoms with Crippen molar-refractivity contribution in [3.8, 4) is 5.69 Å². The van der Waals surface area contributed by atoms with Crippen LogP contribution in [-0.4, -0.2) is 19.7 Å². The van der Waals surface area contributed by atoms with Crippen molar-refractivity contribution >= 4 is 0 Å². The van der Waals surface area contributed by atoms with Crippen LogP contribution < -0.4 is 0 Å². The number of aryl methyl sites for hydroxylation is 1. The van der Waals surface area contributed by atoms with Crippen LogP contribution in [0.25, 0.3) is 5.69 Å². The first-order valence-corrected chi connectivity index (χ1v) is 7.85. The lowest BCUT2D eigenvalue weighted by Gasteiger charge is -2.09. The van der Waals surface area contributed by atoms with Gasteiger partial charge in [-0.15, -0.1) is 0 Å². The second kappa shape index (κ2) is 5.10. The van der Waals surface area contributed by atoms with E-state index in [-0.39, 0.29) is 0 Å². The lowest BCUT2D eigenvalue weighted by atomic mass is 10.1. The predicted molar refractivity (Wildman–Crippen MR) is 81.4 cm³/mol. The Balaban J connectivity index is 1.71. The lowest BCUT2D eigenvalue weighted by Crippen LogP contribution is -2.08. The van der Waals surface area contributed by atoms with Crippen molar-refractivity contribution in [2.24, 2.45) is 5.92 Å². The van der Waals surface area contributed by atoms with Gasteiger partial charge in [0, 0.05) is 24.2 Å². The smallest absolute Gasteiger partial charge is 0.154 e. The van der Waals surface area contributed by atoms with E-state index in [1.165, 1.54) is 25.7 Å². The second-order valence-corrected chi connectivity index (χ2v) is 6.20. The van der Waals surface area contributed by atoms with E-state index in [1.807, 2.05) is 23.9 Å². The predicted octanol–water partition coefficient (Wildman–Crippen LogP) is 3.36. The highest BCUT2D eigenvalue weighted by Gasteiger charge is 2.29. The van der Waals surface area contributed by atoms with Crippen molar-refractivity contribution in [2.75, 3.05) is 0 Å². The first-order valence-electron chi connectivity index (χ1n) is 7.85. The first kappa shape index (κ1) is 12.7. The number of aromatic nitrogens is 4. The zero-order valence-corrected chi connectivity index (χ0v) is 12.4. The topological polar surface area (TPSA) is 43.6 Å². The van der Waals surface area contributed by atoms with Crippen molar-refractivity contribution in [2.45, 2.75) is 44.9 Å². The minimum Gasteiger partial charge on any atom is -0.261 e. The fourth-order valence-electron chi connectivity index (χ4n) is 2.98. The SMILES string of the molecule is Cc1cc(-n2nc(C3CC3)nc2C[C@@H]2C=CCC2)ccn1. The van der Waals surface area contributed by atoms with Crippen molar-refractivity contribution < 1.29 is 0 Å². The Kier molecular flexibility index (Phi) is 3.09. The van der Waals surface area contributed by atoms with Gasteiger partial charge < -0.3 is 0 Å². The summed E-state index contributed by atoms with van der Waals surface area (Å²) >= 11 is 0. The highest BCUT2D eigenvalue weighted by molar-refractivity contribution is 5.32. The van der Waals surface area contributed by atoms with Gasteiger partial charge in [-0.05, 0) is 50.7 Å². The standard InChI is InChI=1S/C17H20N4/c1-12-10-15(8-9-18-12)21-16(11-13-4-2-3-5-13)19-17(20-21)14-6-7-14/h2,4,8-10,13-14H,3,5-7,11H2,1H3/t13-/m1/s1. The van der Waals surface area contributed by atoms with Gasteiger partial charge in [-0.25, -0.2) is 9.67 Å². The van der Waals surface area contributed by atoms with Crippen LogP contribution in [-0.2, 0) is 6.42 Å². The summed E-state index contributed by atoms with van der Waals surface area (Å²) in [5, 5.41) is 4.78. The number of hydrogen-bond acceptors (Lipinski definition) is 3. The molecular formula is C17H20N4. The molecule has 108 valence electrons. The van der Waals surface area contributed by atoms with Crippen molar-refractivity contribution in [3.05, 3.63) is 47.8 Å². The molecule has 0 aromatic carbocycles. The summed E-state index contributed by atoms with van der Waals surface area (Å²) in [6.45, 7) is 2.02. The van der Waals surface area contributed by atoms with E-state index in [1.54, 1.807) is 0 Å². The maximum atomic E-state index is 4.84. The van der Waals surface area contributed by atoms with E-state index in [0.29, 0.717) is 11.8 Å². The van der Waals surface area contributed by atoms with Crippen LogP contribution in [0.15, 0.2) is 30.5 Å². The van der Waals surface area contributed by atoms with E-state index in [4.69, 9.17) is 10.1 Å². The van der Waals surface area contributed by atoms with Crippen LogP contribution in [0, 0.1) is 12.8 Å². The molecule has 4 nitrogen and oxygen atoms in total. The van der Waals surface area contributed by atoms with Gasteiger partial charge in [0.15, 0.2) is 5.82 Å². The molecule has 0 amide bonds. The second-order valence-electron chi connectivity index (χ2n) is 6.20. The van der Waals surface area contributed by atoms with E-state index in [0.717, 1.165) is 29.5 Å². The van der Waals surface area contributed by atoms with Gasteiger partial charge in [0.1, 0.15) is 5.82 Å². The molecule has 0 aliphatic heterocycles. The van der Waals surface area contributed by atoms with E-state index >= 15 is 0 Å². The molecule has 21 heavy (non-hydrogen) atoms. The average molecular weight is 280 g/mol. The van der Waals surface area contributed by atoms with Crippen molar-refractivity contribution in [1.29, 1.82) is 0 Å². The molecule has 0 unspecified atom stereocenters. The quantitative estimate of drug-likeness (QED) is 0.807. The molecule has 1 fully saturated rings. The molecule has 4 rings (SSSR count). The lowest BCUT2D eigenvalue weighted by molar-refractivity contribution is 0.595. The fourth-order valence-corrected chi connectivity index (χ4v) is 2.98. The Hall–Kier alpha value is -1.97. The zero-order valence-electron chi connectivity index (χ0n) is 12.4. The van der Waals surface area contributed by atoms with E-state index in [9.17, 15) is 0 Å². The van der Waals surface area contributed by atoms with Crippen LogP contribution in [0.1, 0.15) is 48.9 Å². The molecule has 0 saturated heterocycles. The molecule has 2 aromatic rings. The number of pyridine rings is 1. The van der Waals surface area contributed by atoms with Crippen LogP contribution in [0.2, 0.25) is 0 Å². The van der Waals surface area contributed by atoms with Crippen molar-refractivity contribution in [3.63, 3.8) is 0 Å². The molecule has 2 heterocycles. The van der Waals surface area contributed by atoms with E-state index in [2.05, 4.69) is 23.2 Å². The molecule has 2 aromatic heterocycles. The molecular weight excluding hydrogens is 260 g/mol. The number of hydrogen-bond donors (Lipinski definition) is 0. The highest BCUT2D eigenvalue weighted by Crippen LogP contribution is 2.38. The molecule has 4 heteroatoms. The third kappa shape index (κ3) is 2.62. The summed E-state index contributed by atoms with van der Waals surface area (Å²) in [5.74, 6) is 3.33. The first-order chi connectivity index (χ1) is 10.3. The van der Waals surface area contributed by atoms with Gasteiger partial charge >= 0.3 is 0 Å². The minimum atomic E-state index is 0.590. The summed E-state index contributed by atoms with van der Waals surface area (Å²) in [5.41, 5.74) is 2.10. The van der Waals surface area contributed by atoms with Gasteiger partial charge in [0.25, 0.3) is 0 Å². The Morgan fingerprint density at radius 3 is 2.90 bits per heavy atom. The maximum absolute atomic E-state index is 4.84. The van der Waals surface area contributed by atoms with Gasteiger partial charge in [-0.3, -0.25) is 4.98 Å². The molecule has 2 aliphatic rings. The van der Waals surface area contributed by atoms with E-state index < -0.39 is 0 Å². The molecule has 0 radical (unpaired) electrons. The Morgan fingerprint density at radius 1 is 1.29 bits per heavy atom. The summed E-state index contributed by atoms with van der Waals surface area (Å²) in [6.07, 6.45) is 12.4. The molecule has 0 spiro atoms. The van der Waals surface area contributed by atoms with Crippen LogP contribution in [0.5, 0.6) is 0 Å². The minimum absolute atomic E-state index is 0.590. The van der Waals surface area contributed by atoms with Crippen molar-refractivity contribution in [1.82, 2.24) is 19.7 Å². The number of nitrogens with zero attached hydrogens (tertiary/aromatic N) is 4. The summed E-state index contributed by atoms with van der Waals surface area (Å²) in [6, 6.07) is 4.10. The normalized spacial score (nSPS) is 21.1. The Bertz CT molecular complexity index is 682. The van der Waals surface area contributed by atoms with Gasteiger partial charge in [-0.2, -0.15) is 5.10 Å². The molecule has 0 bridgehead atoms. The van der Waals surface area contributed by atoms with Crippen LogP contribution >= 0.6 is 0 Å². The average Bonchev–Trinajstić information content (AvgIpc) is 3.05. The third-order valence-corrected chi connectivity index (χ3v) is 4.31. The molecule has 0 N–H and O–H groups in total. The number of rotatable bonds is 4. The molecule has 1 atom stereocenters. The largest absolute Gasteiger partial charge is 0.261 e. The van der Waals surface area contributed by atoms with Crippen LogP contribution in [0.3, 0.4) is 0 Å². The Morgan fingerprint density at radius 2 is 2.19 bits per heavy atom.